The van der Waals surface area contributed by atoms with Crippen molar-refractivity contribution in [3.63, 3.8) is 0 Å². The van der Waals surface area contributed by atoms with Gasteiger partial charge in [-0.05, 0) is 30.5 Å². The van der Waals surface area contributed by atoms with Crippen LogP contribution < -0.4 is 27.8 Å². The summed E-state index contributed by atoms with van der Waals surface area (Å²) < 4.78 is 0. The molecule has 196 valence electrons. The Morgan fingerprint density at radius 2 is 1.59 bits per heavy atom. The Balaban J connectivity index is 1.69. The molecule has 0 saturated carbocycles. The Hall–Kier alpha value is -3.86. The fraction of sp³-hybridized carbons (Fsp3) is 0.333. The number of amides is 3. The van der Waals surface area contributed by atoms with Crippen molar-refractivity contribution in [3.05, 3.63) is 72.4 Å². The van der Waals surface area contributed by atoms with Crippen LogP contribution in [0.3, 0.4) is 0 Å². The van der Waals surface area contributed by atoms with Crippen molar-refractivity contribution >= 4 is 34.3 Å². The van der Waals surface area contributed by atoms with E-state index in [2.05, 4.69) is 15.6 Å². The van der Waals surface area contributed by atoms with Crippen molar-refractivity contribution in [2.75, 3.05) is 31.5 Å². The SMILES string of the molecule is NCCN(CCN)C(=O)CC(N)C(=O)NC(CCc1ccccc1)C(=O)Nc1cnc2ccccc2c1. The molecule has 0 spiro atoms. The Labute approximate surface area is 216 Å². The number of aryl methyl sites for hydroxylation is 1. The van der Waals surface area contributed by atoms with Gasteiger partial charge in [-0.3, -0.25) is 19.4 Å². The van der Waals surface area contributed by atoms with Crippen molar-refractivity contribution in [2.24, 2.45) is 17.2 Å². The maximum atomic E-state index is 13.2. The van der Waals surface area contributed by atoms with Gasteiger partial charge in [-0.1, -0.05) is 48.5 Å². The van der Waals surface area contributed by atoms with Crippen LogP contribution >= 0.6 is 0 Å². The zero-order valence-electron chi connectivity index (χ0n) is 20.8. The van der Waals surface area contributed by atoms with E-state index in [1.807, 2.05) is 60.7 Å². The van der Waals surface area contributed by atoms with E-state index in [1.165, 1.54) is 4.90 Å². The summed E-state index contributed by atoms with van der Waals surface area (Å²) in [5.74, 6) is -1.29. The fourth-order valence-electron chi connectivity index (χ4n) is 3.95. The van der Waals surface area contributed by atoms with Crippen LogP contribution in [0, 0.1) is 0 Å². The van der Waals surface area contributed by atoms with Crippen LogP contribution in [0.4, 0.5) is 5.69 Å². The highest BCUT2D eigenvalue weighted by Crippen LogP contribution is 2.17. The summed E-state index contributed by atoms with van der Waals surface area (Å²) in [7, 11) is 0. The lowest BCUT2D eigenvalue weighted by Gasteiger charge is -2.24. The maximum Gasteiger partial charge on any atom is 0.247 e. The molecule has 10 heteroatoms. The number of carbonyl (C=O) groups excluding carboxylic acids is 3. The molecule has 2 aromatic carbocycles. The zero-order chi connectivity index (χ0) is 26.6. The number of pyridine rings is 1. The molecule has 3 amide bonds. The second-order valence-electron chi connectivity index (χ2n) is 8.76. The minimum absolute atomic E-state index is 0.215. The highest BCUT2D eigenvalue weighted by molar-refractivity contribution is 5.99. The maximum absolute atomic E-state index is 13.2. The Morgan fingerprint density at radius 1 is 0.919 bits per heavy atom. The number of para-hydroxylation sites is 1. The molecule has 1 heterocycles. The average Bonchev–Trinajstić information content (AvgIpc) is 2.91. The minimum atomic E-state index is -1.13. The number of benzene rings is 2. The van der Waals surface area contributed by atoms with Gasteiger partial charge in [0.15, 0.2) is 0 Å². The molecule has 8 N–H and O–H groups in total. The number of anilines is 1. The molecule has 10 nitrogen and oxygen atoms in total. The van der Waals surface area contributed by atoms with Crippen LogP contribution in [0.25, 0.3) is 10.9 Å². The summed E-state index contributed by atoms with van der Waals surface area (Å²) in [6.45, 7) is 1.20. The number of carbonyl (C=O) groups is 3. The normalized spacial score (nSPS) is 12.5. The third-order valence-electron chi connectivity index (χ3n) is 5.94. The van der Waals surface area contributed by atoms with Crippen molar-refractivity contribution in [3.8, 4) is 0 Å². The molecule has 0 aliphatic rings. The third kappa shape index (κ3) is 8.35. The summed E-state index contributed by atoms with van der Waals surface area (Å²) in [4.78, 5) is 44.6. The summed E-state index contributed by atoms with van der Waals surface area (Å²) in [6.07, 6.45) is 2.26. The Kier molecular flexibility index (Phi) is 10.5. The average molecular weight is 506 g/mol. The predicted octanol–water partition coefficient (Wildman–Crippen LogP) is 0.754. The first kappa shape index (κ1) is 27.7. The second-order valence-corrected chi connectivity index (χ2v) is 8.76. The van der Waals surface area contributed by atoms with Crippen LogP contribution in [0.15, 0.2) is 66.9 Å². The standard InChI is InChI=1S/C27H35N7O3/c28-12-14-34(15-13-29)25(35)17-22(30)26(36)33-24(11-10-19-6-2-1-3-7-19)27(37)32-21-16-20-8-4-5-9-23(20)31-18-21/h1-9,16,18,22,24H,10-15,17,28-30H2,(H,32,37)(H,33,36). The lowest BCUT2D eigenvalue weighted by molar-refractivity contribution is -0.134. The van der Waals surface area contributed by atoms with E-state index in [-0.39, 0.29) is 25.4 Å². The quantitative estimate of drug-likeness (QED) is 0.228. The molecule has 0 saturated heterocycles. The van der Waals surface area contributed by atoms with E-state index < -0.39 is 23.9 Å². The molecule has 2 unspecified atom stereocenters. The number of aromatic nitrogens is 1. The number of hydrogen-bond donors (Lipinski definition) is 5. The Bertz CT molecular complexity index is 1180. The number of nitrogens with two attached hydrogens (primary N) is 3. The van der Waals surface area contributed by atoms with Gasteiger partial charge in [-0.15, -0.1) is 0 Å². The summed E-state index contributed by atoms with van der Waals surface area (Å²) in [5, 5.41) is 6.46. The van der Waals surface area contributed by atoms with Crippen LogP contribution in [-0.2, 0) is 20.8 Å². The fourth-order valence-corrected chi connectivity index (χ4v) is 3.95. The highest BCUT2D eigenvalue weighted by atomic mass is 16.2. The molecule has 0 radical (unpaired) electrons. The summed E-state index contributed by atoms with van der Waals surface area (Å²) in [6, 6.07) is 17.1. The van der Waals surface area contributed by atoms with Crippen LogP contribution in [0.5, 0.6) is 0 Å². The lowest BCUT2D eigenvalue weighted by Crippen LogP contribution is -2.52. The number of nitrogens with one attached hydrogen (secondary N) is 2. The first-order chi connectivity index (χ1) is 17.9. The third-order valence-corrected chi connectivity index (χ3v) is 5.94. The van der Waals surface area contributed by atoms with Gasteiger partial charge in [-0.25, -0.2) is 0 Å². The predicted molar refractivity (Wildman–Crippen MR) is 144 cm³/mol. The van der Waals surface area contributed by atoms with Gasteiger partial charge < -0.3 is 32.7 Å². The van der Waals surface area contributed by atoms with Crippen LogP contribution in [0.1, 0.15) is 18.4 Å². The van der Waals surface area contributed by atoms with E-state index in [4.69, 9.17) is 17.2 Å². The first-order valence-corrected chi connectivity index (χ1v) is 12.3. The molecule has 0 bridgehead atoms. The highest BCUT2D eigenvalue weighted by Gasteiger charge is 2.26. The van der Waals surface area contributed by atoms with E-state index in [1.54, 1.807) is 6.20 Å². The molecule has 37 heavy (non-hydrogen) atoms. The second kappa shape index (κ2) is 14.0. The van der Waals surface area contributed by atoms with Crippen molar-refractivity contribution in [1.29, 1.82) is 0 Å². The first-order valence-electron chi connectivity index (χ1n) is 12.3. The van der Waals surface area contributed by atoms with Gasteiger partial charge in [0, 0.05) is 31.6 Å². The molecule has 3 aromatic rings. The van der Waals surface area contributed by atoms with Gasteiger partial charge in [0.1, 0.15) is 6.04 Å². The number of fused-ring (bicyclic) bond motifs is 1. The summed E-state index contributed by atoms with van der Waals surface area (Å²) in [5.41, 5.74) is 19.5. The van der Waals surface area contributed by atoms with E-state index in [0.29, 0.717) is 31.6 Å². The van der Waals surface area contributed by atoms with Gasteiger partial charge in [0.25, 0.3) is 0 Å². The molecular weight excluding hydrogens is 470 g/mol. The van der Waals surface area contributed by atoms with Crippen LogP contribution in [0.2, 0.25) is 0 Å². The van der Waals surface area contributed by atoms with E-state index in [9.17, 15) is 14.4 Å². The molecule has 0 fully saturated rings. The molecule has 1 aromatic heterocycles. The van der Waals surface area contributed by atoms with Crippen LogP contribution in [-0.4, -0.2) is 65.9 Å². The topological polar surface area (TPSA) is 169 Å². The molecule has 3 rings (SSSR count). The van der Waals surface area contributed by atoms with Crippen molar-refractivity contribution < 1.29 is 14.4 Å². The zero-order valence-corrected chi connectivity index (χ0v) is 20.8. The molecular formula is C27H35N7O3. The van der Waals surface area contributed by atoms with E-state index >= 15 is 0 Å². The monoisotopic (exact) mass is 505 g/mol. The van der Waals surface area contributed by atoms with Crippen molar-refractivity contribution in [1.82, 2.24) is 15.2 Å². The van der Waals surface area contributed by atoms with Gasteiger partial charge in [0.05, 0.1) is 29.9 Å². The van der Waals surface area contributed by atoms with Crippen molar-refractivity contribution in [2.45, 2.75) is 31.3 Å². The Morgan fingerprint density at radius 3 is 2.30 bits per heavy atom. The summed E-state index contributed by atoms with van der Waals surface area (Å²) >= 11 is 0. The molecule has 0 aliphatic heterocycles. The number of nitrogens with zero attached hydrogens (tertiary/aromatic N) is 2. The van der Waals surface area contributed by atoms with Gasteiger partial charge in [0.2, 0.25) is 17.7 Å². The number of rotatable bonds is 13. The van der Waals surface area contributed by atoms with Gasteiger partial charge >= 0.3 is 0 Å². The molecule has 0 aliphatic carbocycles. The molecule has 2 atom stereocenters. The van der Waals surface area contributed by atoms with Gasteiger partial charge in [-0.2, -0.15) is 0 Å². The lowest BCUT2D eigenvalue weighted by atomic mass is 10.0. The minimum Gasteiger partial charge on any atom is -0.343 e. The largest absolute Gasteiger partial charge is 0.343 e. The van der Waals surface area contributed by atoms with E-state index in [0.717, 1.165) is 16.5 Å². The number of hydrogen-bond acceptors (Lipinski definition) is 7. The smallest absolute Gasteiger partial charge is 0.247 e.